The molecule has 94 valence electrons. The van der Waals surface area contributed by atoms with Crippen LogP contribution in [-0.2, 0) is 14.8 Å². The molecule has 1 amide bonds. The van der Waals surface area contributed by atoms with Crippen molar-refractivity contribution in [2.75, 3.05) is 6.54 Å². The van der Waals surface area contributed by atoms with E-state index in [1.54, 1.807) is 0 Å². The minimum atomic E-state index is -3.65. The Morgan fingerprint density at radius 2 is 2.24 bits per heavy atom. The molecular weight excluding hydrogens is 284 g/mol. The number of thiophene rings is 1. The molecule has 1 aliphatic heterocycles. The van der Waals surface area contributed by atoms with Crippen molar-refractivity contribution in [1.82, 2.24) is 4.31 Å². The lowest BCUT2D eigenvalue weighted by molar-refractivity contribution is -0.121. The maximum Gasteiger partial charge on any atom is 0.253 e. The van der Waals surface area contributed by atoms with Crippen molar-refractivity contribution in [3.05, 3.63) is 16.5 Å². The Balaban J connectivity index is 2.36. The molecule has 1 fully saturated rings. The molecule has 8 heteroatoms. The summed E-state index contributed by atoms with van der Waals surface area (Å²) in [4.78, 5) is 11.2. The van der Waals surface area contributed by atoms with Crippen molar-refractivity contribution in [2.24, 2.45) is 5.73 Å². The van der Waals surface area contributed by atoms with Crippen LogP contribution in [-0.4, -0.2) is 31.2 Å². The molecule has 0 radical (unpaired) electrons. The number of halogens is 1. The van der Waals surface area contributed by atoms with Crippen LogP contribution in [0.3, 0.4) is 0 Å². The molecule has 1 saturated heterocycles. The quantitative estimate of drug-likeness (QED) is 0.904. The van der Waals surface area contributed by atoms with Crippen LogP contribution in [0.15, 0.2) is 16.3 Å². The Labute approximate surface area is 108 Å². The number of nitrogens with zero attached hydrogens (tertiary/aromatic N) is 1. The third kappa shape index (κ3) is 2.33. The van der Waals surface area contributed by atoms with Crippen LogP contribution in [0.1, 0.15) is 12.8 Å². The summed E-state index contributed by atoms with van der Waals surface area (Å²) in [6, 6.07) is 2.23. The van der Waals surface area contributed by atoms with Crippen molar-refractivity contribution >= 4 is 38.9 Å². The van der Waals surface area contributed by atoms with Gasteiger partial charge in [-0.2, -0.15) is 4.31 Å². The van der Waals surface area contributed by atoms with Gasteiger partial charge in [0.1, 0.15) is 10.3 Å². The van der Waals surface area contributed by atoms with Crippen molar-refractivity contribution in [1.29, 1.82) is 0 Å². The van der Waals surface area contributed by atoms with Crippen molar-refractivity contribution < 1.29 is 13.2 Å². The second-order valence-corrected chi connectivity index (χ2v) is 7.57. The molecule has 0 bridgehead atoms. The number of nitrogens with two attached hydrogens (primary N) is 1. The van der Waals surface area contributed by atoms with Crippen molar-refractivity contribution in [3.63, 3.8) is 0 Å². The van der Waals surface area contributed by atoms with Crippen molar-refractivity contribution in [3.8, 4) is 0 Å². The number of carbonyl (C=O) groups excluding carboxylic acids is 1. The van der Waals surface area contributed by atoms with Gasteiger partial charge in [0, 0.05) is 6.54 Å². The molecule has 1 aromatic rings. The summed E-state index contributed by atoms with van der Waals surface area (Å²) in [5.41, 5.74) is 5.20. The number of hydrogen-bond acceptors (Lipinski definition) is 4. The summed E-state index contributed by atoms with van der Waals surface area (Å²) in [7, 11) is -3.65. The van der Waals surface area contributed by atoms with Crippen molar-refractivity contribution in [2.45, 2.75) is 23.1 Å². The predicted octanol–water partition coefficient (Wildman–Crippen LogP) is 1.04. The predicted molar refractivity (Wildman–Crippen MR) is 65.4 cm³/mol. The zero-order valence-corrected chi connectivity index (χ0v) is 11.2. The van der Waals surface area contributed by atoms with Gasteiger partial charge in [-0.25, -0.2) is 8.42 Å². The van der Waals surface area contributed by atoms with E-state index in [1.165, 1.54) is 12.1 Å². The summed E-state index contributed by atoms with van der Waals surface area (Å²) in [6.45, 7) is 0.325. The molecule has 2 N–H and O–H groups in total. The van der Waals surface area contributed by atoms with Crippen LogP contribution in [0.2, 0.25) is 4.34 Å². The van der Waals surface area contributed by atoms with E-state index in [-0.39, 0.29) is 4.21 Å². The third-order valence-electron chi connectivity index (χ3n) is 2.64. The Morgan fingerprint density at radius 3 is 2.76 bits per heavy atom. The first-order chi connectivity index (χ1) is 7.93. The summed E-state index contributed by atoms with van der Waals surface area (Å²) in [6.07, 6.45) is 1.12. The SMILES string of the molecule is NC(=O)[C@@H]1CCCN1S(=O)(=O)c1ccc(Cl)s1. The summed E-state index contributed by atoms with van der Waals surface area (Å²) in [5.74, 6) is -0.603. The van der Waals surface area contributed by atoms with Crippen LogP contribution in [0.5, 0.6) is 0 Å². The maximum atomic E-state index is 12.2. The molecule has 1 aliphatic rings. The lowest BCUT2D eigenvalue weighted by atomic mass is 10.2. The van der Waals surface area contributed by atoms with E-state index >= 15 is 0 Å². The lowest BCUT2D eigenvalue weighted by Gasteiger charge is -2.20. The fraction of sp³-hybridized carbons (Fsp3) is 0.444. The second kappa shape index (κ2) is 4.56. The van der Waals surface area contributed by atoms with Gasteiger partial charge in [-0.15, -0.1) is 11.3 Å². The second-order valence-electron chi connectivity index (χ2n) is 3.73. The summed E-state index contributed by atoms with van der Waals surface area (Å²) >= 11 is 6.69. The van der Waals surface area contributed by atoms with Gasteiger partial charge >= 0.3 is 0 Å². The van der Waals surface area contributed by atoms with Gasteiger partial charge in [-0.05, 0) is 25.0 Å². The molecule has 0 aromatic carbocycles. The molecule has 0 saturated carbocycles. The summed E-state index contributed by atoms with van der Waals surface area (Å²) in [5, 5.41) is 0. The highest BCUT2D eigenvalue weighted by molar-refractivity contribution is 7.91. The fourth-order valence-electron chi connectivity index (χ4n) is 1.86. The monoisotopic (exact) mass is 294 g/mol. The largest absolute Gasteiger partial charge is 0.368 e. The minimum absolute atomic E-state index is 0.149. The average molecular weight is 295 g/mol. The third-order valence-corrected chi connectivity index (χ3v) is 6.25. The fourth-order valence-corrected chi connectivity index (χ4v) is 5.14. The van der Waals surface area contributed by atoms with E-state index in [9.17, 15) is 13.2 Å². The molecule has 2 rings (SSSR count). The van der Waals surface area contributed by atoms with Crippen LogP contribution >= 0.6 is 22.9 Å². The normalized spacial score (nSPS) is 21.8. The van der Waals surface area contributed by atoms with E-state index in [1.807, 2.05) is 0 Å². The van der Waals surface area contributed by atoms with Gasteiger partial charge in [0.15, 0.2) is 0 Å². The first kappa shape index (κ1) is 12.8. The molecule has 2 heterocycles. The molecular formula is C9H11ClN2O3S2. The van der Waals surface area contributed by atoms with Crippen LogP contribution in [0.25, 0.3) is 0 Å². The van der Waals surface area contributed by atoms with Crippen LogP contribution < -0.4 is 5.73 Å². The number of rotatable bonds is 3. The number of primary amides is 1. The number of hydrogen-bond donors (Lipinski definition) is 1. The van der Waals surface area contributed by atoms with Crippen LogP contribution in [0.4, 0.5) is 0 Å². The Hall–Kier alpha value is -0.630. The van der Waals surface area contributed by atoms with E-state index < -0.39 is 22.0 Å². The maximum absolute atomic E-state index is 12.2. The lowest BCUT2D eigenvalue weighted by Crippen LogP contribution is -2.43. The van der Waals surface area contributed by atoms with Crippen LogP contribution in [0, 0.1) is 0 Å². The average Bonchev–Trinajstić information content (AvgIpc) is 2.84. The molecule has 1 atom stereocenters. The molecule has 0 unspecified atom stereocenters. The van der Waals surface area contributed by atoms with E-state index in [0.717, 1.165) is 15.6 Å². The number of amides is 1. The minimum Gasteiger partial charge on any atom is -0.368 e. The molecule has 1 aromatic heterocycles. The molecule has 0 spiro atoms. The highest BCUT2D eigenvalue weighted by atomic mass is 35.5. The zero-order valence-electron chi connectivity index (χ0n) is 8.80. The van der Waals surface area contributed by atoms with Gasteiger partial charge in [0.2, 0.25) is 5.91 Å². The highest BCUT2D eigenvalue weighted by Gasteiger charge is 2.38. The zero-order chi connectivity index (χ0) is 12.6. The Kier molecular flexibility index (Phi) is 3.44. The Bertz CT molecular complexity index is 540. The first-order valence-corrected chi connectivity index (χ1v) is 7.63. The van der Waals surface area contributed by atoms with Gasteiger partial charge in [0.05, 0.1) is 4.34 Å². The van der Waals surface area contributed by atoms with Gasteiger partial charge in [-0.1, -0.05) is 11.6 Å². The Morgan fingerprint density at radius 1 is 1.53 bits per heavy atom. The topological polar surface area (TPSA) is 80.5 Å². The molecule has 17 heavy (non-hydrogen) atoms. The van der Waals surface area contributed by atoms with E-state index in [2.05, 4.69) is 0 Å². The summed E-state index contributed by atoms with van der Waals surface area (Å²) < 4.78 is 26.2. The first-order valence-electron chi connectivity index (χ1n) is 4.99. The highest BCUT2D eigenvalue weighted by Crippen LogP contribution is 2.31. The molecule has 5 nitrogen and oxygen atoms in total. The van der Waals surface area contributed by atoms with E-state index in [4.69, 9.17) is 17.3 Å². The number of sulfonamides is 1. The molecule has 0 aliphatic carbocycles. The standard InChI is InChI=1S/C9H11ClN2O3S2/c10-7-3-4-8(16-7)17(14,15)12-5-1-2-6(12)9(11)13/h3-4,6H,1-2,5H2,(H2,11,13)/t6-/m0/s1. The van der Waals surface area contributed by atoms with E-state index in [0.29, 0.717) is 23.7 Å². The van der Waals surface area contributed by atoms with Gasteiger partial charge in [-0.3, -0.25) is 4.79 Å². The number of carbonyl (C=O) groups is 1. The van der Waals surface area contributed by atoms with Gasteiger partial charge < -0.3 is 5.73 Å². The smallest absolute Gasteiger partial charge is 0.253 e. The van der Waals surface area contributed by atoms with Gasteiger partial charge in [0.25, 0.3) is 10.0 Å².